The van der Waals surface area contributed by atoms with Gasteiger partial charge in [-0.25, -0.2) is 0 Å². The van der Waals surface area contributed by atoms with Crippen LogP contribution in [0.25, 0.3) is 86.8 Å². The molecule has 0 aliphatic carbocycles. The second-order valence-electron chi connectivity index (χ2n) is 12.1. The Morgan fingerprint density at radius 3 is 1.43 bits per heavy atom. The van der Waals surface area contributed by atoms with Crippen LogP contribution < -0.4 is 0 Å². The Balaban J connectivity index is 1.17. The van der Waals surface area contributed by atoms with Gasteiger partial charge in [-0.2, -0.15) is 0 Å². The summed E-state index contributed by atoms with van der Waals surface area (Å²) in [6, 6.07) is 62.0. The van der Waals surface area contributed by atoms with Gasteiger partial charge in [0.1, 0.15) is 0 Å². The third kappa shape index (κ3) is 5.68. The first-order valence-electron chi connectivity index (χ1n) is 16.4. The number of aromatic nitrogens is 3. The molecule has 4 heteroatoms. The first kappa shape index (κ1) is 29.2. The van der Waals surface area contributed by atoms with Gasteiger partial charge in [-0.05, 0) is 5.56 Å². The maximum absolute atomic E-state index is 5.18. The molecule has 0 aliphatic rings. The van der Waals surface area contributed by atoms with Crippen LogP contribution in [-0.4, -0.2) is 29.5 Å². The van der Waals surface area contributed by atoms with E-state index in [1.807, 2.05) is 12.1 Å². The molecule has 230 valence electrons. The Morgan fingerprint density at radius 2 is 0.755 bits per heavy atom. The molecule has 3 nitrogen and oxygen atoms in total. The van der Waals surface area contributed by atoms with E-state index in [-0.39, 0.29) is 14.5 Å². The number of rotatable bonds is 6. The molecule has 0 aliphatic heterocycles. The van der Waals surface area contributed by atoms with Crippen LogP contribution in [0.4, 0.5) is 0 Å². The standard InChI is InChI=1S/C45H29N3Se/c1-3-11-30(12-4-1)32-21-23-34(24-22-32)36-15-9-16-37(29-36)44-46-43(35-27-25-33(26-28-35)31-13-5-2-6-14-31)47-45(48-44)40-19-10-18-39-38-17-7-8-20-41(38)49-42(39)40/h1-29H. The van der Waals surface area contributed by atoms with Gasteiger partial charge in [-0.1, -0.05) is 36.4 Å². The van der Waals surface area contributed by atoms with Crippen molar-refractivity contribution in [1.29, 1.82) is 0 Å². The van der Waals surface area contributed by atoms with Crippen molar-refractivity contribution in [3.63, 3.8) is 0 Å². The summed E-state index contributed by atoms with van der Waals surface area (Å²) in [5, 5.41) is 2.60. The quantitative estimate of drug-likeness (QED) is 0.163. The molecule has 2 heterocycles. The summed E-state index contributed by atoms with van der Waals surface area (Å²) in [6.45, 7) is 0. The van der Waals surface area contributed by atoms with E-state index in [0.29, 0.717) is 17.5 Å². The fraction of sp³-hybridized carbons (Fsp3) is 0. The van der Waals surface area contributed by atoms with Crippen LogP contribution in [0, 0.1) is 0 Å². The third-order valence-electron chi connectivity index (χ3n) is 8.98. The zero-order chi connectivity index (χ0) is 32.6. The van der Waals surface area contributed by atoms with Crippen LogP contribution in [-0.2, 0) is 0 Å². The number of fused-ring (bicyclic) bond motifs is 3. The van der Waals surface area contributed by atoms with E-state index in [1.54, 1.807) is 0 Å². The third-order valence-corrected chi connectivity index (χ3v) is 11.5. The molecule has 9 aromatic rings. The Hall–Kier alpha value is -5.93. The molecule has 0 unspecified atom stereocenters. The Bertz CT molecular complexity index is 2570. The van der Waals surface area contributed by atoms with E-state index in [4.69, 9.17) is 15.0 Å². The second kappa shape index (κ2) is 12.6. The average Bonchev–Trinajstić information content (AvgIpc) is 3.58. The fourth-order valence-electron chi connectivity index (χ4n) is 6.44. The van der Waals surface area contributed by atoms with Crippen LogP contribution >= 0.6 is 0 Å². The minimum Gasteiger partial charge on any atom is -0.0617 e. The van der Waals surface area contributed by atoms with Crippen molar-refractivity contribution in [3.8, 4) is 67.5 Å². The number of nitrogens with zero attached hydrogens (tertiary/aromatic N) is 3. The van der Waals surface area contributed by atoms with E-state index in [2.05, 4.69) is 164 Å². The van der Waals surface area contributed by atoms with Gasteiger partial charge >= 0.3 is 250 Å². The van der Waals surface area contributed by atoms with Crippen molar-refractivity contribution in [2.45, 2.75) is 0 Å². The van der Waals surface area contributed by atoms with Gasteiger partial charge in [0.25, 0.3) is 0 Å². The zero-order valence-electron chi connectivity index (χ0n) is 26.5. The molecule has 2 aromatic heterocycles. The molecule has 0 amide bonds. The molecule has 7 aromatic carbocycles. The number of hydrogen-bond acceptors (Lipinski definition) is 3. The molecule has 9 rings (SSSR count). The van der Waals surface area contributed by atoms with Gasteiger partial charge in [-0.3, -0.25) is 0 Å². The molecule has 0 bridgehead atoms. The van der Waals surface area contributed by atoms with Gasteiger partial charge in [0.15, 0.2) is 0 Å². The first-order chi connectivity index (χ1) is 24.3. The predicted octanol–water partition coefficient (Wildman–Crippen LogP) is 11.2. The molecule has 0 saturated heterocycles. The molecular formula is C45H29N3Se. The summed E-state index contributed by atoms with van der Waals surface area (Å²) >= 11 is 0.165. The van der Waals surface area contributed by atoms with Crippen LogP contribution in [0.5, 0.6) is 0 Å². The molecule has 0 spiro atoms. The van der Waals surface area contributed by atoms with Crippen molar-refractivity contribution in [2.75, 3.05) is 0 Å². The van der Waals surface area contributed by atoms with E-state index >= 15 is 0 Å². The normalized spacial score (nSPS) is 11.3. The van der Waals surface area contributed by atoms with Crippen LogP contribution in [0.15, 0.2) is 176 Å². The van der Waals surface area contributed by atoms with Crippen molar-refractivity contribution in [3.05, 3.63) is 176 Å². The van der Waals surface area contributed by atoms with E-state index < -0.39 is 0 Å². The Morgan fingerprint density at radius 1 is 0.306 bits per heavy atom. The van der Waals surface area contributed by atoms with E-state index in [9.17, 15) is 0 Å². The van der Waals surface area contributed by atoms with Gasteiger partial charge in [0, 0.05) is 0 Å². The smallest absolute Gasteiger partial charge is 0.0544 e. The van der Waals surface area contributed by atoms with Gasteiger partial charge < -0.3 is 0 Å². The molecule has 0 saturated carbocycles. The van der Waals surface area contributed by atoms with Crippen LogP contribution in [0.1, 0.15) is 0 Å². The monoisotopic (exact) mass is 691 g/mol. The zero-order valence-corrected chi connectivity index (χ0v) is 28.2. The van der Waals surface area contributed by atoms with Crippen molar-refractivity contribution >= 4 is 33.8 Å². The number of benzene rings is 7. The maximum atomic E-state index is 5.18. The van der Waals surface area contributed by atoms with E-state index in [0.717, 1.165) is 33.4 Å². The Labute approximate surface area is 291 Å². The van der Waals surface area contributed by atoms with Crippen molar-refractivity contribution in [2.24, 2.45) is 0 Å². The van der Waals surface area contributed by atoms with Crippen molar-refractivity contribution in [1.82, 2.24) is 15.0 Å². The fourth-order valence-corrected chi connectivity index (χ4v) is 8.99. The average molecular weight is 691 g/mol. The topological polar surface area (TPSA) is 38.7 Å². The van der Waals surface area contributed by atoms with Gasteiger partial charge in [-0.15, -0.1) is 0 Å². The molecule has 0 radical (unpaired) electrons. The van der Waals surface area contributed by atoms with Crippen LogP contribution in [0.2, 0.25) is 0 Å². The van der Waals surface area contributed by atoms with Crippen molar-refractivity contribution < 1.29 is 0 Å². The predicted molar refractivity (Wildman–Crippen MR) is 204 cm³/mol. The summed E-state index contributed by atoms with van der Waals surface area (Å²) < 4.78 is 2.72. The van der Waals surface area contributed by atoms with E-state index in [1.165, 1.54) is 36.0 Å². The molecule has 0 atom stereocenters. The SMILES string of the molecule is c1ccc(-c2ccc(-c3cccc(-c4nc(-c5ccc(-c6ccccc6)cc5)nc(-c5cccc6c5[se]c5ccccc56)n4)c3)cc2)cc1. The minimum absolute atomic E-state index is 0.165. The second-order valence-corrected chi connectivity index (χ2v) is 14.3. The summed E-state index contributed by atoms with van der Waals surface area (Å²) in [4.78, 5) is 15.4. The molecular weight excluding hydrogens is 661 g/mol. The minimum atomic E-state index is 0.165. The largest absolute Gasteiger partial charge is 0.0617 e. The van der Waals surface area contributed by atoms with Crippen LogP contribution in [0.3, 0.4) is 0 Å². The first-order valence-corrected chi connectivity index (χ1v) is 18.1. The molecule has 0 fully saturated rings. The Kier molecular flexibility index (Phi) is 7.51. The summed E-state index contributed by atoms with van der Waals surface area (Å²) in [6.07, 6.45) is 0. The van der Waals surface area contributed by atoms with Gasteiger partial charge in [0.2, 0.25) is 0 Å². The summed E-state index contributed by atoms with van der Waals surface area (Å²) in [7, 11) is 0. The summed E-state index contributed by atoms with van der Waals surface area (Å²) in [5.74, 6) is 2.03. The van der Waals surface area contributed by atoms with Gasteiger partial charge in [0.05, 0.1) is 0 Å². The maximum Gasteiger partial charge on any atom is -0.0544 e. The number of hydrogen-bond donors (Lipinski definition) is 0. The molecule has 0 N–H and O–H groups in total. The molecule has 49 heavy (non-hydrogen) atoms. The summed E-state index contributed by atoms with van der Waals surface area (Å²) in [5.41, 5.74) is 10.0.